The second-order valence-electron chi connectivity index (χ2n) is 7.48. The van der Waals surface area contributed by atoms with E-state index in [0.717, 1.165) is 18.9 Å². The van der Waals surface area contributed by atoms with E-state index >= 15 is 0 Å². The van der Waals surface area contributed by atoms with Gasteiger partial charge in [-0.1, -0.05) is 0 Å². The normalized spacial score (nSPS) is 22.5. The lowest BCUT2D eigenvalue weighted by atomic mass is 10.1. The van der Waals surface area contributed by atoms with E-state index in [1.165, 1.54) is 12.1 Å². The molecule has 2 saturated heterocycles. The number of carbonyl (C=O) groups is 1. The van der Waals surface area contributed by atoms with Gasteiger partial charge in [-0.25, -0.2) is 8.78 Å². The first-order chi connectivity index (χ1) is 13.9. The lowest BCUT2D eigenvalue weighted by molar-refractivity contribution is 0.0405. The van der Waals surface area contributed by atoms with Crippen molar-refractivity contribution >= 4 is 22.9 Å². The van der Waals surface area contributed by atoms with E-state index in [2.05, 4.69) is 9.62 Å². The molecule has 0 radical (unpaired) electrons. The highest BCUT2D eigenvalue weighted by atomic mass is 32.2. The fourth-order valence-corrected chi connectivity index (χ4v) is 4.67. The van der Waals surface area contributed by atoms with E-state index in [9.17, 15) is 22.3 Å². The average molecular weight is 420 g/mol. The highest BCUT2D eigenvalue weighted by Crippen LogP contribution is 2.32. The molecular weight excluding hydrogens is 400 g/mol. The van der Waals surface area contributed by atoms with Crippen LogP contribution < -0.4 is 4.72 Å². The maximum absolute atomic E-state index is 13.5. The Morgan fingerprint density at radius 1 is 1.07 bits per heavy atom. The number of amides is 1. The Morgan fingerprint density at radius 3 is 2.21 bits per heavy atom. The van der Waals surface area contributed by atoms with Crippen LogP contribution in [-0.2, 0) is 17.8 Å². The van der Waals surface area contributed by atoms with Crippen molar-refractivity contribution in [2.24, 2.45) is 0 Å². The van der Waals surface area contributed by atoms with Crippen LogP contribution in [0.25, 0.3) is 0 Å². The van der Waals surface area contributed by atoms with Crippen LogP contribution in [0, 0.1) is 11.6 Å². The van der Waals surface area contributed by atoms with Gasteiger partial charge in [0.1, 0.15) is 11.6 Å². The molecule has 2 aromatic carbocycles. The topological polar surface area (TPSA) is 75.7 Å². The zero-order chi connectivity index (χ0) is 20.5. The molecule has 2 aliphatic rings. The van der Waals surface area contributed by atoms with Crippen LogP contribution in [0.1, 0.15) is 28.8 Å². The van der Waals surface area contributed by atoms with E-state index in [1.54, 1.807) is 24.3 Å². The van der Waals surface area contributed by atoms with Gasteiger partial charge >= 0.3 is 0 Å². The van der Waals surface area contributed by atoms with Crippen molar-refractivity contribution in [3.63, 3.8) is 0 Å². The zero-order valence-corrected chi connectivity index (χ0v) is 16.3. The molecule has 154 valence electrons. The largest absolute Gasteiger partial charge is 0.755 e. The molecule has 0 saturated carbocycles. The van der Waals surface area contributed by atoms with Gasteiger partial charge in [0.25, 0.3) is 5.91 Å². The van der Waals surface area contributed by atoms with Gasteiger partial charge in [0.2, 0.25) is 0 Å². The van der Waals surface area contributed by atoms with Gasteiger partial charge in [-0.2, -0.15) is 0 Å². The number of benzene rings is 2. The zero-order valence-electron chi connectivity index (χ0n) is 15.5. The molecule has 0 aromatic heterocycles. The number of fused-ring (bicyclic) bond motifs is 2. The molecule has 2 aromatic rings. The number of hydrogen-bond acceptors (Lipinski definition) is 4. The number of hydrogen-bond donors (Lipinski definition) is 1. The standard InChI is InChI=1S/C20H21F2N3O3S/c21-15-7-13(8-16(22)9-15)10-24-11-18-5-6-19(12-24)25(18)20(26)14-1-3-17(4-2-14)23-29(27)28/h1-4,7-9,18-19,23H,5-6,10-12H2,(H,27,28)/p-1. The molecular formula is C20H20F2N3O3S-. The van der Waals surface area contributed by atoms with Crippen LogP contribution in [0.3, 0.4) is 0 Å². The molecule has 0 spiro atoms. The van der Waals surface area contributed by atoms with Crippen molar-refractivity contribution in [2.45, 2.75) is 31.5 Å². The van der Waals surface area contributed by atoms with Crippen LogP contribution in [0.2, 0.25) is 0 Å². The minimum atomic E-state index is -2.41. The number of carbonyl (C=O) groups excluding carboxylic acids is 1. The molecule has 0 aliphatic carbocycles. The first-order valence-corrected chi connectivity index (χ1v) is 10.4. The summed E-state index contributed by atoms with van der Waals surface area (Å²) in [7, 11) is 0. The first kappa shape index (κ1) is 19.9. The van der Waals surface area contributed by atoms with Crippen LogP contribution in [0.15, 0.2) is 42.5 Å². The Kier molecular flexibility index (Phi) is 5.62. The van der Waals surface area contributed by atoms with Crippen molar-refractivity contribution in [2.75, 3.05) is 17.8 Å². The number of likely N-dealkylation sites (tertiary alicyclic amines) is 1. The van der Waals surface area contributed by atoms with Crippen LogP contribution in [0.4, 0.5) is 14.5 Å². The Hall–Kier alpha value is -2.36. The molecule has 2 bridgehead atoms. The summed E-state index contributed by atoms with van der Waals surface area (Å²) in [5, 5.41) is 0. The summed E-state index contributed by atoms with van der Waals surface area (Å²) in [5.41, 5.74) is 1.48. The van der Waals surface area contributed by atoms with Crippen molar-refractivity contribution < 1.29 is 22.3 Å². The van der Waals surface area contributed by atoms with Gasteiger partial charge in [0.05, 0.1) is 0 Å². The fraction of sp³-hybridized carbons (Fsp3) is 0.350. The van der Waals surface area contributed by atoms with Gasteiger partial charge in [-0.15, -0.1) is 0 Å². The SMILES string of the molecule is O=C(c1ccc(NS(=O)[O-])cc1)N1C2CCC1CN(Cc1cc(F)cc(F)c1)C2. The summed E-state index contributed by atoms with van der Waals surface area (Å²) < 4.78 is 50.5. The third kappa shape index (κ3) is 4.47. The predicted octanol–water partition coefficient (Wildman–Crippen LogP) is 2.66. The maximum Gasteiger partial charge on any atom is 0.254 e. The van der Waals surface area contributed by atoms with Crippen molar-refractivity contribution in [1.82, 2.24) is 9.80 Å². The van der Waals surface area contributed by atoms with Gasteiger partial charge in [0, 0.05) is 60.3 Å². The Bertz CT molecular complexity index is 907. The molecule has 4 rings (SSSR count). The van der Waals surface area contributed by atoms with Crippen LogP contribution >= 0.6 is 0 Å². The number of anilines is 1. The Balaban J connectivity index is 1.43. The summed E-state index contributed by atoms with van der Waals surface area (Å²) in [4.78, 5) is 17.0. The predicted molar refractivity (Wildman–Crippen MR) is 104 cm³/mol. The lowest BCUT2D eigenvalue weighted by Crippen LogP contribution is -2.55. The minimum Gasteiger partial charge on any atom is -0.755 e. The maximum atomic E-state index is 13.5. The van der Waals surface area contributed by atoms with E-state index in [4.69, 9.17) is 0 Å². The summed E-state index contributed by atoms with van der Waals surface area (Å²) in [6.45, 7) is 1.74. The van der Waals surface area contributed by atoms with Crippen molar-refractivity contribution in [1.29, 1.82) is 0 Å². The molecule has 3 unspecified atom stereocenters. The summed E-state index contributed by atoms with van der Waals surface area (Å²) in [6.07, 6.45) is 1.78. The molecule has 1 N–H and O–H groups in total. The number of rotatable bonds is 5. The quantitative estimate of drug-likeness (QED) is 0.755. The van der Waals surface area contributed by atoms with E-state index in [-0.39, 0.29) is 18.0 Å². The van der Waals surface area contributed by atoms with E-state index in [0.29, 0.717) is 36.4 Å². The number of halogens is 2. The van der Waals surface area contributed by atoms with Gasteiger partial charge in [0.15, 0.2) is 0 Å². The first-order valence-electron chi connectivity index (χ1n) is 9.35. The van der Waals surface area contributed by atoms with Gasteiger partial charge < -0.3 is 14.2 Å². The lowest BCUT2D eigenvalue weighted by Gasteiger charge is -2.41. The molecule has 2 heterocycles. The molecule has 2 aliphatic heterocycles. The third-order valence-corrected chi connectivity index (χ3v) is 5.86. The fourth-order valence-electron chi connectivity index (χ4n) is 4.34. The molecule has 6 nitrogen and oxygen atoms in total. The second kappa shape index (κ2) is 8.17. The monoisotopic (exact) mass is 420 g/mol. The Morgan fingerprint density at radius 2 is 1.66 bits per heavy atom. The highest BCUT2D eigenvalue weighted by molar-refractivity contribution is 7.80. The second-order valence-corrected chi connectivity index (χ2v) is 8.16. The van der Waals surface area contributed by atoms with Crippen molar-refractivity contribution in [3.8, 4) is 0 Å². The van der Waals surface area contributed by atoms with Crippen LogP contribution in [0.5, 0.6) is 0 Å². The highest BCUT2D eigenvalue weighted by Gasteiger charge is 2.42. The Labute approximate surface area is 169 Å². The smallest absolute Gasteiger partial charge is 0.254 e. The van der Waals surface area contributed by atoms with Gasteiger partial charge in [-0.05, 0) is 54.8 Å². The molecule has 9 heteroatoms. The van der Waals surface area contributed by atoms with Crippen molar-refractivity contribution in [3.05, 3.63) is 65.2 Å². The molecule has 2 fully saturated rings. The summed E-state index contributed by atoms with van der Waals surface area (Å²) in [5.74, 6) is -1.25. The molecule has 29 heavy (non-hydrogen) atoms. The van der Waals surface area contributed by atoms with E-state index in [1.807, 2.05) is 4.90 Å². The van der Waals surface area contributed by atoms with Crippen LogP contribution in [-0.4, -0.2) is 49.6 Å². The molecule has 1 amide bonds. The minimum absolute atomic E-state index is 0.0478. The van der Waals surface area contributed by atoms with E-state index < -0.39 is 22.9 Å². The molecule has 3 atom stereocenters. The number of piperazine rings is 1. The number of nitrogens with zero attached hydrogens (tertiary/aromatic N) is 2. The summed E-state index contributed by atoms with van der Waals surface area (Å²) in [6, 6.07) is 9.97. The average Bonchev–Trinajstić information content (AvgIpc) is 2.91. The number of nitrogens with one attached hydrogen (secondary N) is 1. The van der Waals surface area contributed by atoms with Gasteiger partial charge in [-0.3, -0.25) is 13.9 Å². The third-order valence-electron chi connectivity index (χ3n) is 5.45. The summed E-state index contributed by atoms with van der Waals surface area (Å²) >= 11 is -2.41.